The second-order valence-electron chi connectivity index (χ2n) is 14.4. The summed E-state index contributed by atoms with van der Waals surface area (Å²) in [5.74, 6) is -3.01. The van der Waals surface area contributed by atoms with Crippen molar-refractivity contribution in [2.75, 3.05) is 6.54 Å². The van der Waals surface area contributed by atoms with E-state index in [4.69, 9.17) is 9.36 Å². The summed E-state index contributed by atoms with van der Waals surface area (Å²) < 4.78 is 32.9. The normalized spacial score (nSPS) is 27.5. The molecule has 2 unspecified atom stereocenters. The van der Waals surface area contributed by atoms with Crippen LogP contribution in [-0.4, -0.2) is 83.3 Å². The van der Waals surface area contributed by atoms with Crippen LogP contribution in [0, 0.1) is 5.92 Å². The van der Waals surface area contributed by atoms with E-state index < -0.39 is 68.5 Å². The number of benzene rings is 2. The molecule has 5 atom stereocenters. The fourth-order valence-corrected chi connectivity index (χ4v) is 8.98. The van der Waals surface area contributed by atoms with Gasteiger partial charge in [0.15, 0.2) is 0 Å². The van der Waals surface area contributed by atoms with Crippen LogP contribution in [0.5, 0.6) is 0 Å². The van der Waals surface area contributed by atoms with Gasteiger partial charge in [-0.05, 0) is 49.7 Å². The molecule has 3 aromatic rings. The average Bonchev–Trinajstić information content (AvgIpc) is 3.96. The molecule has 3 heterocycles. The third kappa shape index (κ3) is 6.85. The molecule has 1 aromatic heterocycles. The van der Waals surface area contributed by atoms with Crippen LogP contribution in [0.2, 0.25) is 0 Å². The number of amides is 4. The number of sulfonamides is 1. The number of fused-ring (bicyclic) bond motifs is 5. The Morgan fingerprint density at radius 1 is 0.962 bits per heavy atom. The topological polar surface area (TPSA) is 189 Å². The predicted octanol–water partition coefficient (Wildman–Crippen LogP) is 3.20. The monoisotopic (exact) mass is 740 g/mol. The number of oxime groups is 1. The molecule has 2 aromatic carbocycles. The molecule has 3 fully saturated rings. The highest BCUT2D eigenvalue weighted by Crippen LogP contribution is 2.46. The molecule has 276 valence electrons. The van der Waals surface area contributed by atoms with Crippen molar-refractivity contribution in [1.82, 2.24) is 25.4 Å². The highest BCUT2D eigenvalue weighted by atomic mass is 32.2. The van der Waals surface area contributed by atoms with E-state index in [2.05, 4.69) is 25.7 Å². The van der Waals surface area contributed by atoms with Crippen LogP contribution in [0.25, 0.3) is 11.1 Å². The fraction of sp³-hybridized carbons (Fsp3) is 0.421. The molecule has 0 radical (unpaired) electrons. The Bertz CT molecular complexity index is 2070. The Balaban J connectivity index is 1.10. The van der Waals surface area contributed by atoms with Gasteiger partial charge in [-0.3, -0.25) is 23.9 Å². The molecule has 0 spiro atoms. The van der Waals surface area contributed by atoms with E-state index in [1.807, 2.05) is 60.7 Å². The van der Waals surface area contributed by atoms with Gasteiger partial charge in [0.25, 0.3) is 11.8 Å². The second-order valence-corrected chi connectivity index (χ2v) is 16.4. The maximum atomic E-state index is 14.4. The minimum absolute atomic E-state index is 0.0236. The zero-order valence-electron chi connectivity index (χ0n) is 28.9. The highest BCUT2D eigenvalue weighted by Gasteiger charge is 2.62. The smallest absolute Gasteiger partial charge is 0.290 e. The molecule has 0 bridgehead atoms. The van der Waals surface area contributed by atoms with Crippen molar-refractivity contribution in [2.45, 2.75) is 86.8 Å². The van der Waals surface area contributed by atoms with Gasteiger partial charge < -0.3 is 24.9 Å². The standard InChI is InChI=1S/C38H40N6O8S/c45-34-31-20-24(51-42-33-28-13-8-6-11-26(28)27-12-7-9-14-29(27)33)22-44(31)36(47)30(40-35(46)32-18-19-39-52-32)15-5-3-1-2-4-10-23-21-38(23,41-34)37(48)43-53(49,50)25-16-17-25/h4,6-14,18-19,23-25,30-31H,1-3,5,15-17,20-22H2,(H,40,46)(H,41,45)(H,43,48)/b10-4-/t23?,24-,30+,31+,38?/m1/s1. The molecule has 3 aliphatic carbocycles. The number of carbonyl (C=O) groups excluding carboxylic acids is 4. The summed E-state index contributed by atoms with van der Waals surface area (Å²) in [5.41, 5.74) is 2.96. The van der Waals surface area contributed by atoms with Crippen LogP contribution in [0.3, 0.4) is 0 Å². The van der Waals surface area contributed by atoms with Gasteiger partial charge in [0.2, 0.25) is 27.6 Å². The number of allylic oxidation sites excluding steroid dienone is 1. The molecule has 3 N–H and O–H groups in total. The zero-order valence-corrected chi connectivity index (χ0v) is 29.7. The van der Waals surface area contributed by atoms with Crippen LogP contribution >= 0.6 is 0 Å². The molecular formula is C38H40N6O8S. The summed E-state index contributed by atoms with van der Waals surface area (Å²) in [6.45, 7) is -0.0236. The minimum atomic E-state index is -3.89. The fourth-order valence-electron chi connectivity index (χ4n) is 7.62. The SMILES string of the molecule is O=C(N[C@H]1CCCCC/C=C\C2CC2(C(=O)NS(=O)(=O)C2CC2)NC(=O)[C@@H]2C[C@@H](ON=C3c4ccccc4-c4ccccc43)CN2C1=O)c1ccno1. The van der Waals surface area contributed by atoms with E-state index >= 15 is 0 Å². The molecule has 53 heavy (non-hydrogen) atoms. The Morgan fingerprint density at radius 3 is 2.36 bits per heavy atom. The van der Waals surface area contributed by atoms with Crippen molar-refractivity contribution >= 4 is 39.4 Å². The number of hydrogen-bond acceptors (Lipinski definition) is 10. The molecule has 4 amide bonds. The number of aromatic nitrogens is 1. The molecule has 5 aliphatic rings. The summed E-state index contributed by atoms with van der Waals surface area (Å²) in [7, 11) is -3.89. The van der Waals surface area contributed by atoms with Gasteiger partial charge >= 0.3 is 0 Å². The maximum absolute atomic E-state index is 14.4. The van der Waals surface area contributed by atoms with Crippen molar-refractivity contribution in [3.05, 3.63) is 89.8 Å². The average molecular weight is 741 g/mol. The summed E-state index contributed by atoms with van der Waals surface area (Å²) in [6, 6.07) is 15.0. The van der Waals surface area contributed by atoms with Crippen molar-refractivity contribution in [2.24, 2.45) is 11.1 Å². The van der Waals surface area contributed by atoms with Gasteiger partial charge in [-0.15, -0.1) is 0 Å². The van der Waals surface area contributed by atoms with E-state index in [0.717, 1.165) is 35.1 Å². The Labute approximate surface area is 306 Å². The Hall–Kier alpha value is -5.31. The minimum Gasteiger partial charge on any atom is -0.390 e. The van der Waals surface area contributed by atoms with Crippen molar-refractivity contribution in [1.29, 1.82) is 0 Å². The molecule has 2 saturated carbocycles. The number of hydrogen-bond donors (Lipinski definition) is 3. The second kappa shape index (κ2) is 13.9. The Morgan fingerprint density at radius 2 is 1.68 bits per heavy atom. The lowest BCUT2D eigenvalue weighted by molar-refractivity contribution is -0.141. The third-order valence-electron chi connectivity index (χ3n) is 10.8. The number of rotatable bonds is 7. The van der Waals surface area contributed by atoms with Crippen LogP contribution in [0.1, 0.15) is 79.5 Å². The summed E-state index contributed by atoms with van der Waals surface area (Å²) in [6.07, 6.45) is 8.78. The first-order valence-electron chi connectivity index (χ1n) is 18.1. The molecule has 8 rings (SSSR count). The van der Waals surface area contributed by atoms with Gasteiger partial charge in [-0.25, -0.2) is 8.42 Å². The molecule has 2 aliphatic heterocycles. The van der Waals surface area contributed by atoms with Gasteiger partial charge in [0.1, 0.15) is 29.4 Å². The van der Waals surface area contributed by atoms with Gasteiger partial charge in [0, 0.05) is 29.5 Å². The van der Waals surface area contributed by atoms with Crippen molar-refractivity contribution in [3.8, 4) is 11.1 Å². The first-order valence-corrected chi connectivity index (χ1v) is 19.7. The quantitative estimate of drug-likeness (QED) is 0.189. The lowest BCUT2D eigenvalue weighted by Crippen LogP contribution is -2.58. The maximum Gasteiger partial charge on any atom is 0.290 e. The zero-order chi connectivity index (χ0) is 36.7. The largest absolute Gasteiger partial charge is 0.390 e. The lowest BCUT2D eigenvalue weighted by atomic mass is 10.0. The predicted molar refractivity (Wildman–Crippen MR) is 192 cm³/mol. The molecular weight excluding hydrogens is 701 g/mol. The van der Waals surface area contributed by atoms with Crippen LogP contribution < -0.4 is 15.4 Å². The van der Waals surface area contributed by atoms with Gasteiger partial charge in [-0.2, -0.15) is 0 Å². The van der Waals surface area contributed by atoms with Gasteiger partial charge in [0.05, 0.1) is 18.0 Å². The lowest BCUT2D eigenvalue weighted by Gasteiger charge is -2.29. The number of nitrogens with zero attached hydrogens (tertiary/aromatic N) is 3. The van der Waals surface area contributed by atoms with E-state index in [9.17, 15) is 27.6 Å². The van der Waals surface area contributed by atoms with Crippen molar-refractivity contribution in [3.63, 3.8) is 0 Å². The van der Waals surface area contributed by atoms with Gasteiger partial charge in [-0.1, -0.05) is 83.8 Å². The first-order chi connectivity index (χ1) is 25.6. The molecule has 15 heteroatoms. The van der Waals surface area contributed by atoms with Crippen molar-refractivity contribution < 1.29 is 37.0 Å². The summed E-state index contributed by atoms with van der Waals surface area (Å²) >= 11 is 0. The third-order valence-corrected chi connectivity index (χ3v) is 12.6. The van der Waals surface area contributed by atoms with Crippen LogP contribution in [-0.2, 0) is 29.2 Å². The van der Waals surface area contributed by atoms with E-state index in [0.29, 0.717) is 37.8 Å². The number of carbonyl (C=O) groups is 4. The Kier molecular flexibility index (Phi) is 9.13. The van der Waals surface area contributed by atoms with Crippen LogP contribution in [0.4, 0.5) is 0 Å². The first kappa shape index (κ1) is 34.8. The molecule has 14 nitrogen and oxygen atoms in total. The summed E-state index contributed by atoms with van der Waals surface area (Å²) in [5, 5.41) is 13.2. The van der Waals surface area contributed by atoms with E-state index in [1.54, 1.807) is 0 Å². The summed E-state index contributed by atoms with van der Waals surface area (Å²) in [4.78, 5) is 63.1. The van der Waals surface area contributed by atoms with E-state index in [-0.39, 0.29) is 25.1 Å². The molecule has 1 saturated heterocycles. The highest BCUT2D eigenvalue weighted by molar-refractivity contribution is 7.91. The van der Waals surface area contributed by atoms with E-state index in [1.165, 1.54) is 17.2 Å². The van der Waals surface area contributed by atoms with Crippen LogP contribution in [0.15, 0.2) is 82.6 Å². The number of nitrogens with one attached hydrogen (secondary N) is 3.